The number of alkyl halides is 3. The molecule has 2 fully saturated rings. The molecular formula is C31H35F3N4O6S. The number of benzene rings is 2. The molecule has 5 rings (SSSR count). The largest absolute Gasteiger partial charge is 0.573 e. The van der Waals surface area contributed by atoms with Gasteiger partial charge in [-0.15, -0.1) is 13.2 Å². The molecule has 0 bridgehead atoms. The van der Waals surface area contributed by atoms with Gasteiger partial charge >= 0.3 is 6.36 Å². The number of ether oxygens (including phenoxy) is 1. The monoisotopic (exact) mass is 648 g/mol. The maximum Gasteiger partial charge on any atom is 0.573 e. The minimum atomic E-state index is -4.87. The Bertz CT molecular complexity index is 1620. The predicted molar refractivity (Wildman–Crippen MR) is 161 cm³/mol. The minimum absolute atomic E-state index is 0.0203. The zero-order valence-electron chi connectivity index (χ0n) is 24.9. The fraction of sp³-hybridized carbons (Fsp3) is 0.452. The molecule has 10 nitrogen and oxygen atoms in total. The molecule has 0 saturated carbocycles. The Morgan fingerprint density at radius 3 is 2.36 bits per heavy atom. The second-order valence-electron chi connectivity index (χ2n) is 11.7. The highest BCUT2D eigenvalue weighted by Crippen LogP contribution is 2.33. The highest BCUT2D eigenvalue weighted by Gasteiger charge is 2.47. The summed E-state index contributed by atoms with van der Waals surface area (Å²) in [5.41, 5.74) is 1.73. The quantitative estimate of drug-likeness (QED) is 0.471. The lowest BCUT2D eigenvalue weighted by Gasteiger charge is -2.34. The smallest absolute Gasteiger partial charge is 0.406 e. The number of aliphatic imine (C=N–C) groups is 1. The van der Waals surface area contributed by atoms with Gasteiger partial charge in [-0.25, -0.2) is 8.42 Å². The average Bonchev–Trinajstić information content (AvgIpc) is 3.30. The number of aliphatic hydroxyl groups is 1. The number of amides is 2. The summed E-state index contributed by atoms with van der Waals surface area (Å²) in [6.45, 7) is 4.96. The molecule has 3 aliphatic heterocycles. The van der Waals surface area contributed by atoms with Crippen LogP contribution in [0.25, 0.3) is 6.08 Å². The number of sulfonamides is 1. The highest BCUT2D eigenvalue weighted by atomic mass is 32.2. The van der Waals surface area contributed by atoms with Crippen LogP contribution in [0.3, 0.4) is 0 Å². The predicted octanol–water partition coefficient (Wildman–Crippen LogP) is 3.76. The molecule has 3 aliphatic rings. The Hall–Kier alpha value is -3.75. The molecule has 2 saturated heterocycles. The van der Waals surface area contributed by atoms with E-state index in [1.807, 2.05) is 13.8 Å². The van der Waals surface area contributed by atoms with Gasteiger partial charge in [0.15, 0.2) is 0 Å². The molecule has 242 valence electrons. The van der Waals surface area contributed by atoms with Gasteiger partial charge < -0.3 is 20.1 Å². The van der Waals surface area contributed by atoms with Crippen LogP contribution in [0.1, 0.15) is 58.3 Å². The van der Waals surface area contributed by atoms with Crippen molar-refractivity contribution in [2.75, 3.05) is 32.8 Å². The van der Waals surface area contributed by atoms with Crippen molar-refractivity contribution in [1.29, 1.82) is 0 Å². The molecule has 2 N–H and O–H groups in total. The molecular weight excluding hydrogens is 613 g/mol. The second kappa shape index (κ2) is 12.6. The molecule has 14 heteroatoms. The number of likely N-dealkylation sites (tertiary alicyclic amines) is 1. The van der Waals surface area contributed by atoms with Crippen molar-refractivity contribution < 1.29 is 41.0 Å². The van der Waals surface area contributed by atoms with Crippen LogP contribution in [0.5, 0.6) is 5.75 Å². The number of piperidine rings is 2. The third-order valence-electron chi connectivity index (χ3n) is 8.64. The molecule has 2 aromatic rings. The van der Waals surface area contributed by atoms with Gasteiger partial charge in [-0.05, 0) is 92.5 Å². The summed E-state index contributed by atoms with van der Waals surface area (Å²) in [7, 11) is -3.86. The number of nitrogens with one attached hydrogen (secondary N) is 1. The van der Waals surface area contributed by atoms with Gasteiger partial charge in [0.2, 0.25) is 10.0 Å². The molecule has 0 unspecified atom stereocenters. The van der Waals surface area contributed by atoms with Crippen molar-refractivity contribution in [1.82, 2.24) is 14.5 Å². The van der Waals surface area contributed by atoms with Crippen molar-refractivity contribution >= 4 is 33.7 Å². The Labute approximate surface area is 259 Å². The zero-order valence-corrected chi connectivity index (χ0v) is 25.7. The molecule has 2 aromatic carbocycles. The van der Waals surface area contributed by atoms with Gasteiger partial charge in [0.05, 0.1) is 0 Å². The number of carbonyl (C=O) groups is 2. The highest BCUT2D eigenvalue weighted by molar-refractivity contribution is 7.92. The van der Waals surface area contributed by atoms with Gasteiger partial charge in [-0.1, -0.05) is 12.1 Å². The summed E-state index contributed by atoms with van der Waals surface area (Å²) >= 11 is 0. The van der Waals surface area contributed by atoms with Crippen molar-refractivity contribution in [2.45, 2.75) is 51.4 Å². The fourth-order valence-electron chi connectivity index (χ4n) is 6.05. The first kappa shape index (κ1) is 32.6. The number of amidine groups is 1. The van der Waals surface area contributed by atoms with E-state index in [0.29, 0.717) is 24.2 Å². The molecule has 45 heavy (non-hydrogen) atoms. The van der Waals surface area contributed by atoms with E-state index >= 15 is 0 Å². The van der Waals surface area contributed by atoms with E-state index in [2.05, 4.69) is 15.0 Å². The van der Waals surface area contributed by atoms with Crippen molar-refractivity contribution in [2.24, 2.45) is 10.9 Å². The van der Waals surface area contributed by atoms with Crippen molar-refractivity contribution in [3.63, 3.8) is 0 Å². The molecule has 0 radical (unpaired) electrons. The molecule has 2 amide bonds. The SMILES string of the molecule is Cc1cc(C(=O)N2CCC(CO)CC2)cc(C)c1/C=C/S(=O)(=O)N1CCC2(CC1)N=C(c1cccc(OC(F)(F)F)c1)NC2=O. The van der Waals surface area contributed by atoms with Crippen LogP contribution in [0.15, 0.2) is 46.8 Å². The molecule has 3 heterocycles. The van der Waals surface area contributed by atoms with E-state index < -0.39 is 33.6 Å². The molecule has 0 atom stereocenters. The number of halogens is 3. The first-order valence-electron chi connectivity index (χ1n) is 14.7. The first-order valence-corrected chi connectivity index (χ1v) is 16.2. The van der Waals surface area contributed by atoms with Gasteiger partial charge in [-0.3, -0.25) is 14.6 Å². The van der Waals surface area contributed by atoms with E-state index in [1.165, 1.54) is 22.5 Å². The van der Waals surface area contributed by atoms with Crippen LogP contribution >= 0.6 is 0 Å². The lowest BCUT2D eigenvalue weighted by molar-refractivity contribution is -0.274. The van der Waals surface area contributed by atoms with Gasteiger partial charge in [0.25, 0.3) is 11.8 Å². The zero-order chi connectivity index (χ0) is 32.6. The number of aryl methyl sites for hydroxylation is 2. The number of carbonyl (C=O) groups excluding carboxylic acids is 2. The first-order chi connectivity index (χ1) is 21.2. The third kappa shape index (κ3) is 7.23. The Kier molecular flexibility index (Phi) is 9.11. The maximum absolute atomic E-state index is 13.3. The topological polar surface area (TPSA) is 129 Å². The van der Waals surface area contributed by atoms with Crippen LogP contribution in [-0.4, -0.2) is 85.1 Å². The van der Waals surface area contributed by atoms with Gasteiger partial charge in [0, 0.05) is 49.3 Å². The second-order valence-corrected chi connectivity index (χ2v) is 13.5. The summed E-state index contributed by atoms with van der Waals surface area (Å²) in [5.74, 6) is -0.661. The van der Waals surface area contributed by atoms with E-state index in [9.17, 15) is 36.3 Å². The number of nitrogens with zero attached hydrogens (tertiary/aromatic N) is 3. The molecule has 0 aliphatic carbocycles. The molecule has 1 spiro atoms. The van der Waals surface area contributed by atoms with E-state index in [4.69, 9.17) is 0 Å². The Morgan fingerprint density at radius 2 is 1.76 bits per heavy atom. The van der Waals surface area contributed by atoms with Crippen LogP contribution in [-0.2, 0) is 14.8 Å². The van der Waals surface area contributed by atoms with Gasteiger partial charge in [-0.2, -0.15) is 4.31 Å². The van der Waals surface area contributed by atoms with Crippen LogP contribution in [0.4, 0.5) is 13.2 Å². The van der Waals surface area contributed by atoms with Crippen molar-refractivity contribution in [3.05, 3.63) is 69.6 Å². The lowest BCUT2D eigenvalue weighted by Crippen LogP contribution is -2.50. The Morgan fingerprint density at radius 1 is 1.11 bits per heavy atom. The van der Waals surface area contributed by atoms with Crippen LogP contribution < -0.4 is 10.1 Å². The lowest BCUT2D eigenvalue weighted by atomic mass is 9.89. The summed E-state index contributed by atoms with van der Waals surface area (Å²) < 4.78 is 69.7. The van der Waals surface area contributed by atoms with E-state index in [1.54, 1.807) is 17.0 Å². The van der Waals surface area contributed by atoms with E-state index in [-0.39, 0.29) is 55.8 Å². The van der Waals surface area contributed by atoms with Crippen LogP contribution in [0.2, 0.25) is 0 Å². The summed E-state index contributed by atoms with van der Waals surface area (Å²) in [6, 6.07) is 8.63. The Balaban J connectivity index is 1.25. The summed E-state index contributed by atoms with van der Waals surface area (Å²) in [5, 5.41) is 13.1. The summed E-state index contributed by atoms with van der Waals surface area (Å²) in [4.78, 5) is 32.3. The number of hydrogen-bond acceptors (Lipinski definition) is 7. The van der Waals surface area contributed by atoms with E-state index in [0.717, 1.165) is 41.5 Å². The number of aliphatic hydroxyl groups excluding tert-OH is 1. The number of rotatable bonds is 7. The standard InChI is InChI=1S/C31H35F3N4O6S/c1-20-16-24(28(40)37-11-6-22(19-39)7-12-37)17-21(2)26(20)8-15-45(42,43)38-13-9-30(10-14-38)29(41)35-27(36-30)23-4-3-5-25(18-23)44-31(32,33)34/h3-5,8,15-18,22,39H,6-7,9-14,19H2,1-2H3,(H,35,36,41)/b15-8+. The third-order valence-corrected chi connectivity index (χ3v) is 10.2. The molecule has 0 aromatic heterocycles. The maximum atomic E-state index is 13.3. The van der Waals surface area contributed by atoms with Crippen molar-refractivity contribution in [3.8, 4) is 5.75 Å². The summed E-state index contributed by atoms with van der Waals surface area (Å²) in [6.07, 6.45) is -1.66. The normalized spacial score (nSPS) is 19.6. The van der Waals surface area contributed by atoms with Gasteiger partial charge in [0.1, 0.15) is 17.1 Å². The number of hydrogen-bond donors (Lipinski definition) is 2. The van der Waals surface area contributed by atoms with Crippen LogP contribution in [0, 0.1) is 19.8 Å². The minimum Gasteiger partial charge on any atom is -0.406 e. The average molecular weight is 649 g/mol. The fourth-order valence-corrected chi connectivity index (χ4v) is 7.22.